The zero-order chi connectivity index (χ0) is 25.4. The molecular formula is C22H28ClFN8O2. The Morgan fingerprint density at radius 3 is 2.41 bits per heavy atom. The van der Waals surface area contributed by atoms with Crippen molar-refractivity contribution in [2.75, 3.05) is 18.9 Å². The van der Waals surface area contributed by atoms with Gasteiger partial charge in [-0.25, -0.2) is 4.39 Å². The lowest BCUT2D eigenvalue weighted by molar-refractivity contribution is -0.134. The highest BCUT2D eigenvalue weighted by Gasteiger charge is 2.21. The Kier molecular flexibility index (Phi) is 9.19. The van der Waals surface area contributed by atoms with Crippen molar-refractivity contribution < 1.29 is 14.0 Å². The van der Waals surface area contributed by atoms with Crippen LogP contribution in [-0.4, -0.2) is 42.2 Å². The van der Waals surface area contributed by atoms with Crippen molar-refractivity contribution >= 4 is 41.0 Å². The van der Waals surface area contributed by atoms with E-state index in [4.69, 9.17) is 34.2 Å². The first-order valence-electron chi connectivity index (χ1n) is 10.2. The second kappa shape index (κ2) is 11.8. The van der Waals surface area contributed by atoms with Gasteiger partial charge in [0.25, 0.3) is 0 Å². The van der Waals surface area contributed by atoms with E-state index in [-0.39, 0.29) is 22.6 Å². The fourth-order valence-electron chi connectivity index (χ4n) is 3.35. The third kappa shape index (κ3) is 7.93. The molecule has 0 aliphatic heterocycles. The first-order valence-corrected chi connectivity index (χ1v) is 10.6. The molecule has 0 aromatic heterocycles. The molecule has 0 unspecified atom stereocenters. The van der Waals surface area contributed by atoms with Gasteiger partial charge in [-0.1, -0.05) is 29.8 Å². The van der Waals surface area contributed by atoms with E-state index in [0.717, 1.165) is 18.9 Å². The predicted molar refractivity (Wildman–Crippen MR) is 131 cm³/mol. The van der Waals surface area contributed by atoms with Gasteiger partial charge in [0, 0.05) is 25.8 Å². The molecule has 0 radical (unpaired) electrons. The lowest BCUT2D eigenvalue weighted by Crippen LogP contribution is -2.32. The summed E-state index contributed by atoms with van der Waals surface area (Å²) >= 11 is 5.40. The Labute approximate surface area is 201 Å². The quantitative estimate of drug-likeness (QED) is 0.205. The molecule has 0 saturated carbocycles. The van der Waals surface area contributed by atoms with Crippen molar-refractivity contribution in [1.29, 1.82) is 5.41 Å². The van der Waals surface area contributed by atoms with Crippen LogP contribution in [-0.2, 0) is 29.0 Å². The van der Waals surface area contributed by atoms with Gasteiger partial charge in [0.15, 0.2) is 11.9 Å². The van der Waals surface area contributed by atoms with Gasteiger partial charge in [-0.2, -0.15) is 0 Å². The van der Waals surface area contributed by atoms with Crippen LogP contribution in [0.1, 0.15) is 16.7 Å². The van der Waals surface area contributed by atoms with Gasteiger partial charge in [-0.3, -0.25) is 20.0 Å². The smallest absolute Gasteiger partial charge is 0.313 e. The molecule has 10 N–H and O–H groups in total. The number of nitrogens with one attached hydrogen (secondary N) is 2. The van der Waals surface area contributed by atoms with Gasteiger partial charge >= 0.3 is 11.8 Å². The minimum Gasteiger partial charge on any atom is -0.370 e. The highest BCUT2D eigenvalue weighted by Crippen LogP contribution is 2.28. The number of nitrogens with two attached hydrogens (primary N) is 4. The summed E-state index contributed by atoms with van der Waals surface area (Å²) in [5.74, 6) is -2.12. The number of anilines is 1. The molecule has 3 rings (SSSR count). The molecule has 0 saturated heterocycles. The predicted octanol–water partition coefficient (Wildman–Crippen LogP) is 0.903. The largest absolute Gasteiger partial charge is 0.370 e. The van der Waals surface area contributed by atoms with Crippen LogP contribution in [0, 0.1) is 17.1 Å². The van der Waals surface area contributed by atoms with Crippen molar-refractivity contribution in [2.24, 2.45) is 33.8 Å². The van der Waals surface area contributed by atoms with Crippen molar-refractivity contribution in [3.05, 3.63) is 63.9 Å². The summed E-state index contributed by atoms with van der Waals surface area (Å²) in [7, 11) is 1.82. The molecule has 0 heterocycles. The number of nitrogens with zero attached hydrogens (tertiary/aromatic N) is 2. The second-order valence-corrected chi connectivity index (χ2v) is 8.24. The van der Waals surface area contributed by atoms with E-state index in [9.17, 15) is 14.0 Å². The van der Waals surface area contributed by atoms with Crippen molar-refractivity contribution in [2.45, 2.75) is 19.4 Å². The number of hydrogen-bond acceptors (Lipinski definition) is 4. The number of hydrogen-bond donors (Lipinski definition) is 6. The first kappa shape index (κ1) is 26.4. The summed E-state index contributed by atoms with van der Waals surface area (Å²) in [4.78, 5) is 26.9. The summed E-state index contributed by atoms with van der Waals surface area (Å²) in [6, 6.07) is 10.1. The minimum absolute atomic E-state index is 0.0675. The average Bonchev–Trinajstić information content (AvgIpc) is 3.17. The van der Waals surface area contributed by atoms with E-state index in [0.29, 0.717) is 19.0 Å². The Bertz CT molecular complexity index is 1100. The highest BCUT2D eigenvalue weighted by atomic mass is 35.5. The van der Waals surface area contributed by atoms with Crippen LogP contribution in [0.5, 0.6) is 0 Å². The van der Waals surface area contributed by atoms with Crippen LogP contribution in [0.4, 0.5) is 10.1 Å². The number of aliphatic imine (C=N–C) groups is 1. The Balaban J connectivity index is 0.000000257. The molecule has 2 aromatic rings. The topological polar surface area (TPSA) is 190 Å². The summed E-state index contributed by atoms with van der Waals surface area (Å²) < 4.78 is 12.8. The lowest BCUT2D eigenvalue weighted by atomic mass is 10.1. The molecule has 2 amide bonds. The third-order valence-corrected chi connectivity index (χ3v) is 5.36. The van der Waals surface area contributed by atoms with Crippen molar-refractivity contribution in [3.63, 3.8) is 0 Å². The van der Waals surface area contributed by atoms with Gasteiger partial charge in [0.05, 0.1) is 5.02 Å². The van der Waals surface area contributed by atoms with Crippen LogP contribution in [0.3, 0.4) is 0 Å². The SMILES string of the molecule is CN(Cc1ccc2c(c1)C[C@H](CN=C(N)N)C2)C(=N)N.NC(=O)C(=O)Nc1ccc(Cl)c(F)c1. The zero-order valence-corrected chi connectivity index (χ0v) is 19.4. The lowest BCUT2D eigenvalue weighted by Gasteiger charge is -2.17. The van der Waals surface area contributed by atoms with Gasteiger partial charge in [-0.15, -0.1) is 0 Å². The fraction of sp³-hybridized carbons (Fsp3) is 0.273. The standard InChI is InChI=1S/C14H22N6.C8H6ClFN2O2/c1-20(14(17)18)8-9-2-3-11-5-10(6-12(11)4-9)7-19-13(15)16;9-5-2-1-4(3-6(5)10)12-8(14)7(11)13/h2-4,10H,5-8H2,1H3,(H3,17,18)(H4,15,16,19);1-3H,(H2,11,13)(H,12,14)/t10-;/m1./s1. The number of halogens is 2. The number of amides is 2. The van der Waals surface area contributed by atoms with Crippen LogP contribution < -0.4 is 28.3 Å². The highest BCUT2D eigenvalue weighted by molar-refractivity contribution is 6.39. The number of benzene rings is 2. The molecule has 1 aliphatic carbocycles. The Hall–Kier alpha value is -3.86. The molecule has 0 fully saturated rings. The summed E-state index contributed by atoms with van der Waals surface area (Å²) in [6.07, 6.45) is 2.03. The molecule has 182 valence electrons. The van der Waals surface area contributed by atoms with E-state index in [1.807, 2.05) is 7.05 Å². The first-order chi connectivity index (χ1) is 16.0. The normalized spacial score (nSPS) is 13.7. The minimum atomic E-state index is -1.14. The van der Waals surface area contributed by atoms with Gasteiger partial charge in [0.1, 0.15) is 5.82 Å². The van der Waals surface area contributed by atoms with Crippen LogP contribution in [0.2, 0.25) is 5.02 Å². The number of carbonyl (C=O) groups excluding carboxylic acids is 2. The maximum absolute atomic E-state index is 12.8. The maximum Gasteiger partial charge on any atom is 0.313 e. The van der Waals surface area contributed by atoms with Gasteiger partial charge in [-0.05, 0) is 53.6 Å². The average molecular weight is 491 g/mol. The number of guanidine groups is 2. The number of primary amides is 1. The summed E-state index contributed by atoms with van der Waals surface area (Å²) in [6.45, 7) is 1.33. The monoisotopic (exact) mass is 490 g/mol. The number of carbonyl (C=O) groups is 2. The van der Waals surface area contributed by atoms with Crippen LogP contribution >= 0.6 is 11.6 Å². The zero-order valence-electron chi connectivity index (χ0n) is 18.6. The summed E-state index contributed by atoms with van der Waals surface area (Å²) in [5.41, 5.74) is 24.9. The van der Waals surface area contributed by atoms with E-state index in [2.05, 4.69) is 34.2 Å². The molecule has 1 atom stereocenters. The summed E-state index contributed by atoms with van der Waals surface area (Å²) in [5, 5.41) is 9.42. The van der Waals surface area contributed by atoms with E-state index in [1.165, 1.54) is 28.8 Å². The third-order valence-electron chi connectivity index (χ3n) is 5.05. The Morgan fingerprint density at radius 1 is 1.15 bits per heavy atom. The fourth-order valence-corrected chi connectivity index (χ4v) is 3.47. The molecule has 0 spiro atoms. The molecule has 0 bridgehead atoms. The van der Waals surface area contributed by atoms with E-state index in [1.54, 1.807) is 4.90 Å². The van der Waals surface area contributed by atoms with E-state index >= 15 is 0 Å². The van der Waals surface area contributed by atoms with Crippen molar-refractivity contribution in [1.82, 2.24) is 4.90 Å². The number of fused-ring (bicyclic) bond motifs is 1. The van der Waals surface area contributed by atoms with Crippen LogP contribution in [0.25, 0.3) is 0 Å². The molecule has 34 heavy (non-hydrogen) atoms. The van der Waals surface area contributed by atoms with Gasteiger partial charge in [0.2, 0.25) is 0 Å². The second-order valence-electron chi connectivity index (χ2n) is 7.83. The molecular weight excluding hydrogens is 463 g/mol. The molecule has 12 heteroatoms. The van der Waals surface area contributed by atoms with Crippen molar-refractivity contribution in [3.8, 4) is 0 Å². The van der Waals surface area contributed by atoms with Gasteiger partial charge < -0.3 is 33.2 Å². The van der Waals surface area contributed by atoms with E-state index < -0.39 is 17.6 Å². The molecule has 10 nitrogen and oxygen atoms in total. The number of rotatable bonds is 5. The molecule has 1 aliphatic rings. The Morgan fingerprint density at radius 2 is 1.82 bits per heavy atom. The molecule has 2 aromatic carbocycles. The van der Waals surface area contributed by atoms with Crippen LogP contribution in [0.15, 0.2) is 41.4 Å². The maximum atomic E-state index is 12.8.